The molecule has 0 saturated heterocycles. The first kappa shape index (κ1) is 13.6. The number of nitrogens with zero attached hydrogens (tertiary/aromatic N) is 1. The van der Waals surface area contributed by atoms with E-state index in [1.54, 1.807) is 0 Å². The fraction of sp³-hybridized carbons (Fsp3) is 0.231. The molecule has 2 aromatic rings. The van der Waals surface area contributed by atoms with Gasteiger partial charge in [0.1, 0.15) is 5.75 Å². The monoisotopic (exact) mass is 279 g/mol. The van der Waals surface area contributed by atoms with Gasteiger partial charge in [0, 0.05) is 6.54 Å². The Bertz CT molecular complexity index is 644. The van der Waals surface area contributed by atoms with Crippen LogP contribution in [0.15, 0.2) is 23.3 Å². The molecule has 3 N–H and O–H groups in total. The van der Waals surface area contributed by atoms with Crippen molar-refractivity contribution in [3.63, 3.8) is 0 Å². The highest BCUT2D eigenvalue weighted by molar-refractivity contribution is 6.31. The SMILES string of the molecule is Cc1cc(CN)cc(C)c1Oc1nc[nH]c(=O)c1Cl. The van der Waals surface area contributed by atoms with E-state index in [9.17, 15) is 4.79 Å². The topological polar surface area (TPSA) is 81.0 Å². The van der Waals surface area contributed by atoms with Gasteiger partial charge in [0.2, 0.25) is 5.88 Å². The van der Waals surface area contributed by atoms with Crippen molar-refractivity contribution in [2.24, 2.45) is 5.73 Å². The summed E-state index contributed by atoms with van der Waals surface area (Å²) in [7, 11) is 0. The average molecular weight is 280 g/mol. The number of benzene rings is 1. The fourth-order valence-corrected chi connectivity index (χ4v) is 2.00. The minimum atomic E-state index is -0.430. The summed E-state index contributed by atoms with van der Waals surface area (Å²) >= 11 is 5.86. The molecule has 2 rings (SSSR count). The molecule has 0 atom stereocenters. The van der Waals surface area contributed by atoms with Crippen LogP contribution in [0.1, 0.15) is 16.7 Å². The zero-order valence-electron chi connectivity index (χ0n) is 10.7. The molecule has 100 valence electrons. The smallest absolute Gasteiger partial charge is 0.273 e. The van der Waals surface area contributed by atoms with Gasteiger partial charge in [-0.05, 0) is 30.5 Å². The van der Waals surface area contributed by atoms with Crippen LogP contribution < -0.4 is 16.0 Å². The third-order valence-corrected chi connectivity index (χ3v) is 3.05. The normalized spacial score (nSPS) is 10.5. The predicted octanol–water partition coefficient (Wildman–Crippen LogP) is 2.29. The van der Waals surface area contributed by atoms with Gasteiger partial charge in [-0.25, -0.2) is 4.98 Å². The molecular formula is C13H14ClN3O2. The van der Waals surface area contributed by atoms with Gasteiger partial charge in [-0.15, -0.1) is 0 Å². The van der Waals surface area contributed by atoms with E-state index in [1.165, 1.54) is 6.33 Å². The Kier molecular flexibility index (Phi) is 3.87. The molecule has 0 fully saturated rings. The van der Waals surface area contributed by atoms with Crippen LogP contribution in [-0.4, -0.2) is 9.97 Å². The molecule has 5 nitrogen and oxygen atoms in total. The van der Waals surface area contributed by atoms with Crippen LogP contribution >= 0.6 is 11.6 Å². The van der Waals surface area contributed by atoms with Crippen LogP contribution in [0.4, 0.5) is 0 Å². The van der Waals surface area contributed by atoms with Gasteiger partial charge in [-0.2, -0.15) is 0 Å². The third kappa shape index (κ3) is 2.77. The fourth-order valence-electron chi connectivity index (χ4n) is 1.85. The lowest BCUT2D eigenvalue weighted by molar-refractivity contribution is 0.453. The molecule has 0 unspecified atom stereocenters. The summed E-state index contributed by atoms with van der Waals surface area (Å²) in [6, 6.07) is 3.87. The minimum Gasteiger partial charge on any atom is -0.437 e. The van der Waals surface area contributed by atoms with Crippen LogP contribution in [0.3, 0.4) is 0 Å². The Morgan fingerprint density at radius 3 is 2.58 bits per heavy atom. The van der Waals surface area contributed by atoms with Crippen molar-refractivity contribution in [2.45, 2.75) is 20.4 Å². The quantitative estimate of drug-likeness (QED) is 0.903. The first-order valence-corrected chi connectivity index (χ1v) is 6.12. The number of ether oxygens (including phenoxy) is 1. The van der Waals surface area contributed by atoms with Crippen molar-refractivity contribution in [3.05, 3.63) is 50.5 Å². The molecular weight excluding hydrogens is 266 g/mol. The van der Waals surface area contributed by atoms with E-state index in [0.717, 1.165) is 16.7 Å². The van der Waals surface area contributed by atoms with E-state index in [0.29, 0.717) is 12.3 Å². The number of H-pyrrole nitrogens is 1. The molecule has 1 heterocycles. The number of hydrogen-bond acceptors (Lipinski definition) is 4. The number of nitrogens with two attached hydrogens (primary N) is 1. The molecule has 0 aliphatic rings. The molecule has 19 heavy (non-hydrogen) atoms. The van der Waals surface area contributed by atoms with Gasteiger partial charge >= 0.3 is 0 Å². The lowest BCUT2D eigenvalue weighted by atomic mass is 10.1. The Labute approximate surface area is 115 Å². The molecule has 0 aliphatic heterocycles. The molecule has 0 aliphatic carbocycles. The van der Waals surface area contributed by atoms with Crippen LogP contribution in [0.5, 0.6) is 11.6 Å². The number of aromatic amines is 1. The number of rotatable bonds is 3. The highest BCUT2D eigenvalue weighted by Gasteiger charge is 2.12. The van der Waals surface area contributed by atoms with E-state index < -0.39 is 5.56 Å². The van der Waals surface area contributed by atoms with Gasteiger partial charge < -0.3 is 15.5 Å². The number of nitrogens with one attached hydrogen (secondary N) is 1. The Hall–Kier alpha value is -1.85. The van der Waals surface area contributed by atoms with Gasteiger partial charge in [-0.1, -0.05) is 23.7 Å². The molecule has 6 heteroatoms. The summed E-state index contributed by atoms with van der Waals surface area (Å²) in [5.41, 5.74) is 8.04. The van der Waals surface area contributed by atoms with Crippen molar-refractivity contribution in [2.75, 3.05) is 0 Å². The van der Waals surface area contributed by atoms with E-state index in [1.807, 2.05) is 26.0 Å². The van der Waals surface area contributed by atoms with Crippen LogP contribution in [0, 0.1) is 13.8 Å². The lowest BCUT2D eigenvalue weighted by Gasteiger charge is -2.13. The zero-order chi connectivity index (χ0) is 14.0. The van der Waals surface area contributed by atoms with E-state index in [-0.39, 0.29) is 10.9 Å². The zero-order valence-corrected chi connectivity index (χ0v) is 11.4. The first-order chi connectivity index (χ1) is 9.02. The Morgan fingerprint density at radius 1 is 1.37 bits per heavy atom. The van der Waals surface area contributed by atoms with E-state index >= 15 is 0 Å². The number of halogens is 1. The largest absolute Gasteiger partial charge is 0.437 e. The van der Waals surface area contributed by atoms with E-state index in [2.05, 4.69) is 9.97 Å². The van der Waals surface area contributed by atoms with Crippen molar-refractivity contribution in [3.8, 4) is 11.6 Å². The predicted molar refractivity (Wildman–Crippen MR) is 73.7 cm³/mol. The number of aromatic nitrogens is 2. The summed E-state index contributed by atoms with van der Waals surface area (Å²) in [6.07, 6.45) is 1.25. The van der Waals surface area contributed by atoms with Crippen LogP contribution in [0.2, 0.25) is 5.02 Å². The molecule has 0 radical (unpaired) electrons. The molecule has 1 aromatic heterocycles. The Balaban J connectivity index is 2.44. The van der Waals surface area contributed by atoms with Crippen LogP contribution in [0.25, 0.3) is 0 Å². The van der Waals surface area contributed by atoms with Crippen molar-refractivity contribution in [1.82, 2.24) is 9.97 Å². The molecule has 0 spiro atoms. The van der Waals surface area contributed by atoms with Gasteiger partial charge in [0.05, 0.1) is 6.33 Å². The van der Waals surface area contributed by atoms with E-state index in [4.69, 9.17) is 22.1 Å². The third-order valence-electron chi connectivity index (χ3n) is 2.72. The summed E-state index contributed by atoms with van der Waals surface area (Å²) in [5, 5.41) is -0.0656. The van der Waals surface area contributed by atoms with Gasteiger partial charge in [0.15, 0.2) is 5.02 Å². The Morgan fingerprint density at radius 2 is 2.00 bits per heavy atom. The maximum absolute atomic E-state index is 11.4. The maximum atomic E-state index is 11.4. The van der Waals surface area contributed by atoms with Gasteiger partial charge in [-0.3, -0.25) is 4.79 Å². The second-order valence-corrected chi connectivity index (χ2v) is 4.59. The summed E-state index contributed by atoms with van der Waals surface area (Å²) in [5.74, 6) is 0.731. The maximum Gasteiger partial charge on any atom is 0.273 e. The molecule has 0 saturated carbocycles. The number of aryl methyl sites for hydroxylation is 2. The number of hydrogen-bond donors (Lipinski definition) is 2. The lowest BCUT2D eigenvalue weighted by Crippen LogP contribution is -2.08. The van der Waals surface area contributed by atoms with Crippen molar-refractivity contribution in [1.29, 1.82) is 0 Å². The summed E-state index contributed by atoms with van der Waals surface area (Å²) < 4.78 is 5.65. The second kappa shape index (κ2) is 5.42. The highest BCUT2D eigenvalue weighted by Crippen LogP contribution is 2.30. The minimum absolute atomic E-state index is 0.0656. The van der Waals surface area contributed by atoms with Crippen molar-refractivity contribution >= 4 is 11.6 Å². The van der Waals surface area contributed by atoms with Crippen LogP contribution in [-0.2, 0) is 6.54 Å². The second-order valence-electron chi connectivity index (χ2n) is 4.22. The standard InChI is InChI=1S/C13H14ClN3O2/c1-7-3-9(5-15)4-8(2)11(7)19-13-10(14)12(18)16-6-17-13/h3-4,6H,5,15H2,1-2H3,(H,16,17,18). The molecule has 1 aromatic carbocycles. The highest BCUT2D eigenvalue weighted by atomic mass is 35.5. The summed E-state index contributed by atoms with van der Waals surface area (Å²) in [4.78, 5) is 17.7. The average Bonchev–Trinajstić information content (AvgIpc) is 2.38. The van der Waals surface area contributed by atoms with Gasteiger partial charge in [0.25, 0.3) is 5.56 Å². The first-order valence-electron chi connectivity index (χ1n) is 5.74. The molecule has 0 amide bonds. The van der Waals surface area contributed by atoms with Crippen molar-refractivity contribution < 1.29 is 4.74 Å². The summed E-state index contributed by atoms with van der Waals surface area (Å²) in [6.45, 7) is 4.27. The molecule has 0 bridgehead atoms.